The Hall–Kier alpha value is -4.13. The highest BCUT2D eigenvalue weighted by atomic mass is 32.2. The van der Waals surface area contributed by atoms with Gasteiger partial charge < -0.3 is 14.2 Å². The van der Waals surface area contributed by atoms with Crippen LogP contribution in [0.15, 0.2) is 47.4 Å². The number of aryl methyl sites for hydroxylation is 2. The van der Waals surface area contributed by atoms with Crippen LogP contribution in [0.2, 0.25) is 0 Å². The molecule has 9 nitrogen and oxygen atoms in total. The number of hydrogen-bond acceptors (Lipinski definition) is 8. The lowest BCUT2D eigenvalue weighted by Crippen LogP contribution is -2.15. The van der Waals surface area contributed by atoms with Gasteiger partial charge in [-0.2, -0.15) is 18.3 Å². The van der Waals surface area contributed by atoms with E-state index >= 15 is 0 Å². The topological polar surface area (TPSA) is 114 Å². The number of benzene rings is 2. The number of alkyl halides is 3. The van der Waals surface area contributed by atoms with Crippen molar-refractivity contribution < 1.29 is 45.4 Å². The third-order valence-electron chi connectivity index (χ3n) is 5.36. The van der Waals surface area contributed by atoms with Crippen LogP contribution in [0.25, 0.3) is 6.08 Å². The molecule has 0 aliphatic carbocycles. The van der Waals surface area contributed by atoms with Gasteiger partial charge in [-0.05, 0) is 48.9 Å². The van der Waals surface area contributed by atoms with E-state index < -0.39 is 43.8 Å². The zero-order chi connectivity index (χ0) is 27.1. The quantitative estimate of drug-likeness (QED) is 0.266. The van der Waals surface area contributed by atoms with Gasteiger partial charge in [-0.1, -0.05) is 6.07 Å². The third kappa shape index (κ3) is 5.35. The molecule has 0 fully saturated rings. The van der Waals surface area contributed by atoms with Gasteiger partial charge in [-0.15, -0.1) is 0 Å². The predicted octanol–water partition coefficient (Wildman–Crippen LogP) is 3.73. The first-order chi connectivity index (χ1) is 17.3. The highest BCUT2D eigenvalue weighted by Crippen LogP contribution is 2.35. The molecule has 0 unspecified atom stereocenters. The van der Waals surface area contributed by atoms with Crippen LogP contribution in [0.4, 0.5) is 13.2 Å². The Kier molecular flexibility index (Phi) is 6.59. The van der Waals surface area contributed by atoms with E-state index in [2.05, 4.69) is 5.10 Å². The van der Waals surface area contributed by atoms with Crippen molar-refractivity contribution in [3.63, 3.8) is 0 Å². The van der Waals surface area contributed by atoms with Crippen LogP contribution in [-0.4, -0.2) is 43.0 Å². The molecule has 3 aromatic rings. The lowest BCUT2D eigenvalue weighted by molar-refractivity contribution is -0.137. The normalized spacial score (nSPS) is 13.2. The molecule has 2 heterocycles. The van der Waals surface area contributed by atoms with Crippen molar-refractivity contribution in [2.75, 3.05) is 13.0 Å². The molecule has 0 saturated heterocycles. The fourth-order valence-electron chi connectivity index (χ4n) is 3.65. The minimum absolute atomic E-state index is 0.0781. The second-order valence-electron chi connectivity index (χ2n) is 8.07. The summed E-state index contributed by atoms with van der Waals surface area (Å²) in [6.45, 7) is 1.50. The van der Waals surface area contributed by atoms with E-state index in [4.69, 9.17) is 14.2 Å². The first kappa shape index (κ1) is 25.9. The zero-order valence-electron chi connectivity index (χ0n) is 19.6. The fourth-order valence-corrected chi connectivity index (χ4v) is 4.55. The number of carbonyl (C=O) groups excluding carboxylic acids is 2. The van der Waals surface area contributed by atoms with Gasteiger partial charge in [0.1, 0.15) is 5.56 Å². The van der Waals surface area contributed by atoms with E-state index in [0.717, 1.165) is 16.8 Å². The van der Waals surface area contributed by atoms with E-state index in [9.17, 15) is 31.2 Å². The number of ether oxygens (including phenoxy) is 3. The number of aromatic nitrogens is 2. The first-order valence-corrected chi connectivity index (χ1v) is 12.4. The van der Waals surface area contributed by atoms with Gasteiger partial charge in [0.05, 0.1) is 16.2 Å². The van der Waals surface area contributed by atoms with Gasteiger partial charge in [0, 0.05) is 24.9 Å². The minimum Gasteiger partial charge on any atom is -0.454 e. The average Bonchev–Trinajstić information content (AvgIpc) is 3.38. The molecule has 13 heteroatoms. The van der Waals surface area contributed by atoms with Gasteiger partial charge >= 0.3 is 12.1 Å². The van der Waals surface area contributed by atoms with Crippen LogP contribution in [0.5, 0.6) is 17.4 Å². The van der Waals surface area contributed by atoms with Crippen LogP contribution in [-0.2, 0) is 27.9 Å². The molecule has 1 aliphatic rings. The second kappa shape index (κ2) is 9.39. The van der Waals surface area contributed by atoms with Gasteiger partial charge in [-0.25, -0.2) is 17.9 Å². The average molecular weight is 536 g/mol. The van der Waals surface area contributed by atoms with Crippen LogP contribution in [0, 0.1) is 6.92 Å². The monoisotopic (exact) mass is 536 g/mol. The largest absolute Gasteiger partial charge is 0.454 e. The number of sulfone groups is 1. The number of hydrogen-bond donors (Lipinski definition) is 0. The van der Waals surface area contributed by atoms with Gasteiger partial charge in [-0.3, -0.25) is 4.79 Å². The number of halogens is 3. The second-order valence-corrected chi connectivity index (χ2v) is 10.1. The molecular weight excluding hydrogens is 517 g/mol. The minimum atomic E-state index is -4.82. The number of esters is 1. The van der Waals surface area contributed by atoms with Crippen molar-refractivity contribution in [1.82, 2.24) is 9.78 Å². The van der Waals surface area contributed by atoms with Crippen molar-refractivity contribution >= 4 is 27.7 Å². The highest BCUT2D eigenvalue weighted by Gasteiger charge is 2.34. The molecule has 0 spiro atoms. The molecule has 37 heavy (non-hydrogen) atoms. The van der Waals surface area contributed by atoms with Crippen molar-refractivity contribution in [1.29, 1.82) is 0 Å². The fraction of sp³-hybridized carbons (Fsp3) is 0.208. The maximum absolute atomic E-state index is 13.4. The summed E-state index contributed by atoms with van der Waals surface area (Å²) in [6, 6.07) is 6.77. The third-order valence-corrected chi connectivity index (χ3v) is 6.49. The standard InChI is InChI=1S/C24H19F3N2O7S/c1-13-21(22(31)16-7-6-15(24(25,26)27)11-19(16)37(3,32)33)23(29(2)28-13)36-20(30)9-5-14-4-8-17-18(10-14)35-12-34-17/h4-11H,12H2,1-3H3/b9-5+. The summed E-state index contributed by atoms with van der Waals surface area (Å²) in [5.41, 5.74) is -1.33. The van der Waals surface area contributed by atoms with Crippen molar-refractivity contribution in [2.45, 2.75) is 18.0 Å². The summed E-state index contributed by atoms with van der Waals surface area (Å²) >= 11 is 0. The number of carbonyl (C=O) groups is 2. The summed E-state index contributed by atoms with van der Waals surface area (Å²) < 4.78 is 81.0. The van der Waals surface area contributed by atoms with E-state index in [1.54, 1.807) is 18.2 Å². The lowest BCUT2D eigenvalue weighted by Gasteiger charge is -2.12. The molecule has 0 atom stereocenters. The molecule has 4 rings (SSSR count). The Morgan fingerprint density at radius 3 is 2.49 bits per heavy atom. The molecule has 0 saturated carbocycles. The molecule has 0 radical (unpaired) electrons. The van der Waals surface area contributed by atoms with E-state index in [1.807, 2.05) is 0 Å². The SMILES string of the molecule is Cc1nn(C)c(OC(=O)/C=C/c2ccc3c(c2)OCO3)c1C(=O)c1ccc(C(F)(F)F)cc1S(C)(=O)=O. The zero-order valence-corrected chi connectivity index (χ0v) is 20.4. The van der Waals surface area contributed by atoms with E-state index in [0.29, 0.717) is 35.5 Å². The Bertz CT molecular complexity index is 1560. The Morgan fingerprint density at radius 1 is 1.11 bits per heavy atom. The van der Waals surface area contributed by atoms with Crippen molar-refractivity contribution in [3.8, 4) is 17.4 Å². The molecule has 1 aromatic heterocycles. The highest BCUT2D eigenvalue weighted by molar-refractivity contribution is 7.90. The number of rotatable bonds is 6. The van der Waals surface area contributed by atoms with Gasteiger partial charge in [0.25, 0.3) is 0 Å². The number of fused-ring (bicyclic) bond motifs is 1. The van der Waals surface area contributed by atoms with Gasteiger partial charge in [0.15, 0.2) is 21.3 Å². The van der Waals surface area contributed by atoms with Crippen molar-refractivity contribution in [2.24, 2.45) is 7.05 Å². The summed E-state index contributed by atoms with van der Waals surface area (Å²) in [7, 11) is -2.85. The van der Waals surface area contributed by atoms with E-state index in [1.165, 1.54) is 20.0 Å². The van der Waals surface area contributed by atoms with Crippen LogP contribution in [0.3, 0.4) is 0 Å². The Labute approximate surface area is 209 Å². The Morgan fingerprint density at radius 2 is 1.81 bits per heavy atom. The van der Waals surface area contributed by atoms with Crippen molar-refractivity contribution in [3.05, 3.63) is 70.4 Å². The van der Waals surface area contributed by atoms with Crippen LogP contribution >= 0.6 is 0 Å². The molecule has 0 amide bonds. The summed E-state index contributed by atoms with van der Waals surface area (Å²) in [4.78, 5) is 25.1. The summed E-state index contributed by atoms with van der Waals surface area (Å²) in [6.07, 6.45) is -1.60. The summed E-state index contributed by atoms with van der Waals surface area (Å²) in [5, 5.41) is 4.05. The predicted molar refractivity (Wildman–Crippen MR) is 123 cm³/mol. The lowest BCUT2D eigenvalue weighted by atomic mass is 10.0. The molecule has 194 valence electrons. The Balaban J connectivity index is 1.66. The van der Waals surface area contributed by atoms with Crippen LogP contribution < -0.4 is 14.2 Å². The maximum atomic E-state index is 13.4. The van der Waals surface area contributed by atoms with Gasteiger partial charge in [0.2, 0.25) is 18.5 Å². The molecular formula is C24H19F3N2O7S. The first-order valence-electron chi connectivity index (χ1n) is 10.5. The van der Waals surface area contributed by atoms with E-state index in [-0.39, 0.29) is 23.9 Å². The smallest absolute Gasteiger partial charge is 0.416 e. The molecule has 1 aliphatic heterocycles. The summed E-state index contributed by atoms with van der Waals surface area (Å²) in [5.74, 6) is -1.09. The number of nitrogens with zero attached hydrogens (tertiary/aromatic N) is 2. The molecule has 2 aromatic carbocycles. The molecule has 0 N–H and O–H groups in total. The number of ketones is 1. The maximum Gasteiger partial charge on any atom is 0.416 e. The van der Waals surface area contributed by atoms with Crippen LogP contribution in [0.1, 0.15) is 32.7 Å². The molecule has 0 bridgehead atoms.